The molecule has 1 N–H and O–H groups in total. The summed E-state index contributed by atoms with van der Waals surface area (Å²) in [5.41, 5.74) is 0.792. The van der Waals surface area contributed by atoms with Crippen LogP contribution in [0, 0.1) is 5.92 Å². The zero-order valence-corrected chi connectivity index (χ0v) is 18.6. The minimum Gasteiger partial charge on any atom is -0.497 e. The second kappa shape index (κ2) is 8.50. The van der Waals surface area contributed by atoms with E-state index in [0.29, 0.717) is 36.1 Å². The molecule has 1 amide bonds. The van der Waals surface area contributed by atoms with Crippen molar-refractivity contribution in [2.45, 2.75) is 17.7 Å². The molecule has 30 heavy (non-hydrogen) atoms. The molecule has 0 radical (unpaired) electrons. The number of thiazole rings is 1. The van der Waals surface area contributed by atoms with Gasteiger partial charge in [0.25, 0.3) is 0 Å². The van der Waals surface area contributed by atoms with Gasteiger partial charge in [-0.3, -0.25) is 4.79 Å². The highest BCUT2D eigenvalue weighted by Crippen LogP contribution is 2.30. The molecule has 0 saturated carbocycles. The Morgan fingerprint density at radius 3 is 2.57 bits per heavy atom. The Balaban J connectivity index is 1.39. The molecule has 0 aliphatic carbocycles. The van der Waals surface area contributed by atoms with Crippen LogP contribution in [0.25, 0.3) is 10.2 Å². The number of ether oxygens (including phenoxy) is 1. The maximum Gasteiger partial charge on any atom is 0.243 e. The Morgan fingerprint density at radius 1 is 1.20 bits per heavy atom. The molecule has 2 heterocycles. The fourth-order valence-electron chi connectivity index (χ4n) is 3.41. The van der Waals surface area contributed by atoms with Crippen molar-refractivity contribution in [2.24, 2.45) is 5.92 Å². The fourth-order valence-corrected chi connectivity index (χ4v) is 5.90. The average Bonchev–Trinajstić information content (AvgIpc) is 3.15. The van der Waals surface area contributed by atoms with Crippen molar-refractivity contribution < 1.29 is 17.9 Å². The Bertz CT molecular complexity index is 1170. The van der Waals surface area contributed by atoms with Gasteiger partial charge in [0.2, 0.25) is 15.9 Å². The third-order valence-corrected chi connectivity index (χ3v) is 8.20. The number of carbonyl (C=O) groups excluding carboxylic acids is 1. The molecule has 0 atom stereocenters. The zero-order valence-electron chi connectivity index (χ0n) is 16.2. The Morgan fingerprint density at radius 2 is 1.90 bits per heavy atom. The van der Waals surface area contributed by atoms with Gasteiger partial charge in [-0.1, -0.05) is 22.9 Å². The molecular weight excluding hydrogens is 446 g/mol. The average molecular weight is 466 g/mol. The summed E-state index contributed by atoms with van der Waals surface area (Å²) in [7, 11) is -1.99. The summed E-state index contributed by atoms with van der Waals surface area (Å²) in [5, 5.41) is 3.89. The number of benzene rings is 2. The smallest absolute Gasteiger partial charge is 0.243 e. The van der Waals surface area contributed by atoms with Crippen LogP contribution in [0.2, 0.25) is 5.02 Å². The summed E-state index contributed by atoms with van der Waals surface area (Å²) in [5.74, 6) is 0.339. The standard InChI is InChI=1S/C20H20ClN3O4S2/c1-28-15-4-7-17-18(12-15)29-20(22-17)23-19(25)13-8-10-24(11-9-13)30(26,27)16-5-2-14(21)3-6-16/h2-7,12-13H,8-11H2,1H3,(H,22,23,25). The van der Waals surface area contributed by atoms with Crippen LogP contribution >= 0.6 is 22.9 Å². The molecule has 0 unspecified atom stereocenters. The molecule has 158 valence electrons. The van der Waals surface area contributed by atoms with E-state index in [1.807, 2.05) is 18.2 Å². The van der Waals surface area contributed by atoms with E-state index in [1.165, 1.54) is 27.8 Å². The number of hydrogen-bond donors (Lipinski definition) is 1. The van der Waals surface area contributed by atoms with Crippen molar-refractivity contribution in [1.82, 2.24) is 9.29 Å². The first-order chi connectivity index (χ1) is 14.4. The van der Waals surface area contributed by atoms with E-state index < -0.39 is 10.0 Å². The second-order valence-corrected chi connectivity index (χ2v) is 10.4. The number of anilines is 1. The maximum absolute atomic E-state index is 12.8. The number of methoxy groups -OCH3 is 1. The first-order valence-electron chi connectivity index (χ1n) is 9.38. The molecule has 1 aliphatic rings. The SMILES string of the molecule is COc1ccc2nc(NC(=O)C3CCN(S(=O)(=O)c4ccc(Cl)cc4)CC3)sc2c1. The van der Waals surface area contributed by atoms with Crippen LogP contribution in [0.4, 0.5) is 5.13 Å². The van der Waals surface area contributed by atoms with E-state index >= 15 is 0 Å². The Hall–Kier alpha value is -2.20. The molecule has 2 aromatic carbocycles. The number of fused-ring (bicyclic) bond motifs is 1. The third kappa shape index (κ3) is 4.29. The van der Waals surface area contributed by atoms with Gasteiger partial charge >= 0.3 is 0 Å². The Labute approximate surface area is 183 Å². The van der Waals surface area contributed by atoms with Crippen LogP contribution in [-0.4, -0.2) is 43.8 Å². The predicted octanol–water partition coefficient (Wildman–Crippen LogP) is 4.00. The minimum atomic E-state index is -3.59. The first-order valence-corrected chi connectivity index (χ1v) is 12.0. The summed E-state index contributed by atoms with van der Waals surface area (Å²) in [6, 6.07) is 11.7. The number of sulfonamides is 1. The lowest BCUT2D eigenvalue weighted by molar-refractivity contribution is -0.120. The van der Waals surface area contributed by atoms with Crippen molar-refractivity contribution in [1.29, 1.82) is 0 Å². The molecule has 7 nitrogen and oxygen atoms in total. The maximum atomic E-state index is 12.8. The summed E-state index contributed by atoms with van der Waals surface area (Å²) >= 11 is 7.23. The summed E-state index contributed by atoms with van der Waals surface area (Å²) < 4.78 is 33.1. The van der Waals surface area contributed by atoms with E-state index in [0.717, 1.165) is 16.0 Å². The van der Waals surface area contributed by atoms with Gasteiger partial charge < -0.3 is 10.1 Å². The van der Waals surface area contributed by atoms with E-state index in [-0.39, 0.29) is 16.7 Å². The van der Waals surface area contributed by atoms with Crippen LogP contribution in [-0.2, 0) is 14.8 Å². The first kappa shape index (κ1) is 21.0. The van der Waals surface area contributed by atoms with Gasteiger partial charge in [-0.2, -0.15) is 4.31 Å². The lowest BCUT2D eigenvalue weighted by Crippen LogP contribution is -2.41. The van der Waals surface area contributed by atoms with Crippen LogP contribution in [0.5, 0.6) is 5.75 Å². The van der Waals surface area contributed by atoms with Crippen molar-refractivity contribution in [3.63, 3.8) is 0 Å². The molecule has 0 bridgehead atoms. The van der Waals surface area contributed by atoms with Crippen LogP contribution in [0.1, 0.15) is 12.8 Å². The molecule has 1 saturated heterocycles. The number of hydrogen-bond acceptors (Lipinski definition) is 6. The van der Waals surface area contributed by atoms with Gasteiger partial charge in [0, 0.05) is 24.0 Å². The highest BCUT2D eigenvalue weighted by Gasteiger charge is 2.32. The molecule has 1 aromatic heterocycles. The number of nitrogens with one attached hydrogen (secondary N) is 1. The zero-order chi connectivity index (χ0) is 21.3. The summed E-state index contributed by atoms with van der Waals surface area (Å²) in [6.07, 6.45) is 0.911. The quantitative estimate of drug-likeness (QED) is 0.615. The number of rotatable bonds is 5. The van der Waals surface area contributed by atoms with E-state index in [4.69, 9.17) is 16.3 Å². The molecule has 10 heteroatoms. The van der Waals surface area contributed by atoms with E-state index in [1.54, 1.807) is 19.2 Å². The molecule has 1 fully saturated rings. The number of amides is 1. The van der Waals surface area contributed by atoms with Gasteiger partial charge in [-0.05, 0) is 55.3 Å². The second-order valence-electron chi connectivity index (χ2n) is 6.97. The van der Waals surface area contributed by atoms with Crippen molar-refractivity contribution in [2.75, 3.05) is 25.5 Å². The van der Waals surface area contributed by atoms with Gasteiger partial charge in [-0.15, -0.1) is 0 Å². The number of halogens is 1. The van der Waals surface area contributed by atoms with E-state index in [2.05, 4.69) is 10.3 Å². The number of aromatic nitrogens is 1. The fraction of sp³-hybridized carbons (Fsp3) is 0.300. The molecular formula is C20H20ClN3O4S2. The predicted molar refractivity (Wildman–Crippen MR) is 118 cm³/mol. The lowest BCUT2D eigenvalue weighted by atomic mass is 9.97. The van der Waals surface area contributed by atoms with Gasteiger partial charge in [0.15, 0.2) is 5.13 Å². The van der Waals surface area contributed by atoms with Crippen molar-refractivity contribution >= 4 is 54.2 Å². The highest BCUT2D eigenvalue weighted by molar-refractivity contribution is 7.89. The third-order valence-electron chi connectivity index (χ3n) is 5.10. The van der Waals surface area contributed by atoms with Gasteiger partial charge in [0.1, 0.15) is 5.75 Å². The van der Waals surface area contributed by atoms with Crippen molar-refractivity contribution in [3.8, 4) is 5.75 Å². The minimum absolute atomic E-state index is 0.135. The van der Waals surface area contributed by atoms with Crippen molar-refractivity contribution in [3.05, 3.63) is 47.5 Å². The summed E-state index contributed by atoms with van der Waals surface area (Å²) in [4.78, 5) is 17.3. The largest absolute Gasteiger partial charge is 0.497 e. The monoisotopic (exact) mass is 465 g/mol. The highest BCUT2D eigenvalue weighted by atomic mass is 35.5. The number of piperidine rings is 1. The summed E-state index contributed by atoms with van der Waals surface area (Å²) in [6.45, 7) is 0.584. The topological polar surface area (TPSA) is 88.6 Å². The number of nitrogens with zero attached hydrogens (tertiary/aromatic N) is 2. The van der Waals surface area contributed by atoms with Crippen LogP contribution < -0.4 is 10.1 Å². The normalized spacial score (nSPS) is 15.9. The Kier molecular flexibility index (Phi) is 5.97. The van der Waals surface area contributed by atoms with Crippen LogP contribution in [0.3, 0.4) is 0 Å². The molecule has 3 aromatic rings. The van der Waals surface area contributed by atoms with E-state index in [9.17, 15) is 13.2 Å². The molecule has 1 aliphatic heterocycles. The molecule has 4 rings (SSSR count). The lowest BCUT2D eigenvalue weighted by Gasteiger charge is -2.30. The molecule has 0 spiro atoms. The van der Waals surface area contributed by atoms with Crippen LogP contribution in [0.15, 0.2) is 47.4 Å². The number of carbonyl (C=O) groups is 1. The van der Waals surface area contributed by atoms with Gasteiger partial charge in [-0.25, -0.2) is 13.4 Å². The van der Waals surface area contributed by atoms with Gasteiger partial charge in [0.05, 0.1) is 22.2 Å².